The second-order valence-corrected chi connectivity index (χ2v) is 5.32. The van der Waals surface area contributed by atoms with E-state index in [2.05, 4.69) is 10.3 Å². The molecule has 0 aliphatic carbocycles. The van der Waals surface area contributed by atoms with Gasteiger partial charge in [0.05, 0.1) is 5.69 Å². The molecule has 3 nitrogen and oxygen atoms in total. The Morgan fingerprint density at radius 3 is 2.84 bits per heavy atom. The lowest BCUT2D eigenvalue weighted by Crippen LogP contribution is -2.15. The maximum Gasteiger partial charge on any atom is 0.190 e. The molecule has 0 saturated carbocycles. The van der Waals surface area contributed by atoms with Crippen LogP contribution < -0.4 is 10.2 Å². The maximum absolute atomic E-state index is 13.3. The zero-order valence-electron chi connectivity index (χ0n) is 11.4. The molecule has 102 valence electrons. The highest BCUT2D eigenvalue weighted by atomic mass is 32.1. The summed E-state index contributed by atoms with van der Waals surface area (Å²) >= 11 is 1.65. The molecule has 0 fully saturated rings. The van der Waals surface area contributed by atoms with Crippen molar-refractivity contribution < 1.29 is 4.39 Å². The monoisotopic (exact) mass is 279 g/mol. The number of anilines is 2. The van der Waals surface area contributed by atoms with Crippen molar-refractivity contribution in [2.75, 3.05) is 18.5 Å². The van der Waals surface area contributed by atoms with E-state index in [9.17, 15) is 4.39 Å². The molecule has 0 spiro atoms. The van der Waals surface area contributed by atoms with E-state index < -0.39 is 0 Å². The molecule has 19 heavy (non-hydrogen) atoms. The highest BCUT2D eigenvalue weighted by Gasteiger charge is 2.14. The molecule has 2 aromatic rings. The van der Waals surface area contributed by atoms with E-state index in [1.807, 2.05) is 31.9 Å². The third kappa shape index (κ3) is 3.11. The molecule has 0 radical (unpaired) electrons. The summed E-state index contributed by atoms with van der Waals surface area (Å²) in [5.41, 5.74) is 1.87. The van der Waals surface area contributed by atoms with E-state index in [1.165, 1.54) is 17.0 Å². The van der Waals surface area contributed by atoms with Crippen LogP contribution >= 0.6 is 11.3 Å². The van der Waals surface area contributed by atoms with Crippen molar-refractivity contribution in [2.24, 2.45) is 0 Å². The van der Waals surface area contributed by atoms with E-state index >= 15 is 0 Å². The predicted octanol–water partition coefficient (Wildman–Crippen LogP) is 3.47. The molecular weight excluding hydrogens is 261 g/mol. The summed E-state index contributed by atoms with van der Waals surface area (Å²) in [6.07, 6.45) is 0. The number of hydrogen-bond donors (Lipinski definition) is 1. The predicted molar refractivity (Wildman–Crippen MR) is 78.7 cm³/mol. The summed E-state index contributed by atoms with van der Waals surface area (Å²) in [7, 11) is 1.92. The molecule has 0 aliphatic heterocycles. The van der Waals surface area contributed by atoms with Crippen LogP contribution in [-0.4, -0.2) is 18.6 Å². The average molecular weight is 279 g/mol. The first-order valence-corrected chi connectivity index (χ1v) is 7.11. The van der Waals surface area contributed by atoms with Crippen molar-refractivity contribution in [1.29, 1.82) is 0 Å². The lowest BCUT2D eigenvalue weighted by Gasteiger charge is -2.19. The number of thiazole rings is 1. The fourth-order valence-corrected chi connectivity index (χ4v) is 3.08. The summed E-state index contributed by atoms with van der Waals surface area (Å²) < 4.78 is 13.3. The van der Waals surface area contributed by atoms with Crippen molar-refractivity contribution in [3.63, 3.8) is 0 Å². The topological polar surface area (TPSA) is 28.2 Å². The Morgan fingerprint density at radius 2 is 2.21 bits per heavy atom. The van der Waals surface area contributed by atoms with Gasteiger partial charge in [-0.3, -0.25) is 0 Å². The van der Waals surface area contributed by atoms with Gasteiger partial charge in [0.1, 0.15) is 5.82 Å². The van der Waals surface area contributed by atoms with Crippen LogP contribution in [0.5, 0.6) is 0 Å². The van der Waals surface area contributed by atoms with Crippen molar-refractivity contribution >= 4 is 22.2 Å². The molecule has 1 aromatic heterocycles. The number of nitrogens with one attached hydrogen (secondary N) is 1. The number of hydrogen-bond acceptors (Lipinski definition) is 4. The van der Waals surface area contributed by atoms with Gasteiger partial charge in [-0.25, -0.2) is 9.37 Å². The molecule has 0 atom stereocenters. The molecule has 0 unspecified atom stereocenters. The summed E-state index contributed by atoms with van der Waals surface area (Å²) in [5.74, 6) is -0.223. The van der Waals surface area contributed by atoms with Gasteiger partial charge in [0.25, 0.3) is 0 Å². The summed E-state index contributed by atoms with van der Waals surface area (Å²) in [5, 5.41) is 4.05. The second-order valence-electron chi connectivity index (χ2n) is 4.26. The minimum absolute atomic E-state index is 0.223. The Balaban J connectivity index is 2.34. The Morgan fingerprint density at radius 1 is 1.42 bits per heavy atom. The Kier molecular flexibility index (Phi) is 4.50. The van der Waals surface area contributed by atoms with Gasteiger partial charge < -0.3 is 10.2 Å². The molecule has 1 aromatic carbocycles. The smallest absolute Gasteiger partial charge is 0.190 e. The summed E-state index contributed by atoms with van der Waals surface area (Å²) in [6, 6.07) is 6.62. The van der Waals surface area contributed by atoms with Crippen LogP contribution in [0.25, 0.3) is 0 Å². The third-order valence-electron chi connectivity index (χ3n) is 2.89. The van der Waals surface area contributed by atoms with Gasteiger partial charge in [0.2, 0.25) is 0 Å². The standard InChI is InChI=1S/C14H18FN3S/c1-4-18(12-7-5-6-11(15)8-12)14-17-10(2)13(19-14)9-16-3/h5-8,16H,4,9H2,1-3H3. The molecular formula is C14H18FN3S. The van der Waals surface area contributed by atoms with Crippen molar-refractivity contribution in [3.8, 4) is 0 Å². The fourth-order valence-electron chi connectivity index (χ4n) is 1.92. The van der Waals surface area contributed by atoms with Gasteiger partial charge in [-0.1, -0.05) is 17.4 Å². The lowest BCUT2D eigenvalue weighted by molar-refractivity contribution is 0.627. The van der Waals surface area contributed by atoms with Crippen LogP contribution in [0.1, 0.15) is 17.5 Å². The number of nitrogens with zero attached hydrogens (tertiary/aromatic N) is 2. The van der Waals surface area contributed by atoms with Crippen LogP contribution in [-0.2, 0) is 6.54 Å². The zero-order chi connectivity index (χ0) is 13.8. The van der Waals surface area contributed by atoms with Gasteiger partial charge in [0.15, 0.2) is 5.13 Å². The number of rotatable bonds is 5. The molecule has 0 aliphatic rings. The van der Waals surface area contributed by atoms with Crippen LogP contribution in [0.2, 0.25) is 0 Å². The number of aryl methyl sites for hydroxylation is 1. The largest absolute Gasteiger partial charge is 0.318 e. The first-order chi connectivity index (χ1) is 9.15. The Labute approximate surface area is 117 Å². The molecule has 0 bridgehead atoms. The quantitative estimate of drug-likeness (QED) is 0.908. The first kappa shape index (κ1) is 14.0. The van der Waals surface area contributed by atoms with E-state index in [-0.39, 0.29) is 5.82 Å². The molecule has 1 heterocycles. The van der Waals surface area contributed by atoms with E-state index in [0.29, 0.717) is 0 Å². The van der Waals surface area contributed by atoms with E-state index in [4.69, 9.17) is 0 Å². The van der Waals surface area contributed by atoms with Crippen LogP contribution in [0, 0.1) is 12.7 Å². The number of aromatic nitrogens is 1. The van der Waals surface area contributed by atoms with Gasteiger partial charge in [-0.05, 0) is 39.1 Å². The van der Waals surface area contributed by atoms with E-state index in [0.717, 1.165) is 29.6 Å². The zero-order valence-corrected chi connectivity index (χ0v) is 12.2. The normalized spacial score (nSPS) is 10.7. The fraction of sp³-hybridized carbons (Fsp3) is 0.357. The van der Waals surface area contributed by atoms with Crippen molar-refractivity contribution in [2.45, 2.75) is 20.4 Å². The minimum Gasteiger partial charge on any atom is -0.318 e. The molecule has 1 N–H and O–H groups in total. The third-order valence-corrected chi connectivity index (χ3v) is 4.07. The van der Waals surface area contributed by atoms with Crippen molar-refractivity contribution in [1.82, 2.24) is 10.3 Å². The van der Waals surface area contributed by atoms with Gasteiger partial charge in [0, 0.05) is 23.7 Å². The first-order valence-electron chi connectivity index (χ1n) is 6.29. The molecule has 5 heteroatoms. The van der Waals surface area contributed by atoms with Gasteiger partial charge >= 0.3 is 0 Å². The highest BCUT2D eigenvalue weighted by Crippen LogP contribution is 2.31. The summed E-state index contributed by atoms with van der Waals surface area (Å²) in [4.78, 5) is 7.83. The lowest BCUT2D eigenvalue weighted by atomic mass is 10.3. The molecule has 2 rings (SSSR count). The SMILES string of the molecule is CCN(c1cccc(F)c1)c1nc(C)c(CNC)s1. The van der Waals surface area contributed by atoms with Gasteiger partial charge in [-0.15, -0.1) is 0 Å². The maximum atomic E-state index is 13.3. The van der Waals surface area contributed by atoms with Crippen molar-refractivity contribution in [3.05, 3.63) is 40.7 Å². The molecule has 0 amide bonds. The second kappa shape index (κ2) is 6.12. The molecule has 0 saturated heterocycles. The Bertz CT molecular complexity index is 553. The van der Waals surface area contributed by atoms with E-state index in [1.54, 1.807) is 17.4 Å². The number of benzene rings is 1. The average Bonchev–Trinajstić information content (AvgIpc) is 2.72. The van der Waals surface area contributed by atoms with Gasteiger partial charge in [-0.2, -0.15) is 0 Å². The Hall–Kier alpha value is -1.46. The highest BCUT2D eigenvalue weighted by molar-refractivity contribution is 7.15. The number of halogens is 1. The van der Waals surface area contributed by atoms with Crippen LogP contribution in [0.3, 0.4) is 0 Å². The van der Waals surface area contributed by atoms with Crippen LogP contribution in [0.15, 0.2) is 24.3 Å². The minimum atomic E-state index is -0.223. The summed E-state index contributed by atoms with van der Waals surface area (Å²) in [6.45, 7) is 5.62. The van der Waals surface area contributed by atoms with Crippen LogP contribution in [0.4, 0.5) is 15.2 Å².